The zero-order valence-corrected chi connectivity index (χ0v) is 24.7. The van der Waals surface area contributed by atoms with Crippen LogP contribution in [0, 0.1) is 11.8 Å². The Morgan fingerprint density at radius 1 is 1.13 bits per heavy atom. The molecule has 1 aromatic carbocycles. The molecule has 210 valence electrons. The predicted octanol–water partition coefficient (Wildman–Crippen LogP) is 3.96. The van der Waals surface area contributed by atoms with E-state index < -0.39 is 22.6 Å². The van der Waals surface area contributed by atoms with Crippen molar-refractivity contribution in [3.05, 3.63) is 24.3 Å². The number of anilines is 1. The highest BCUT2D eigenvalue weighted by atomic mass is 79.9. The van der Waals surface area contributed by atoms with Crippen LogP contribution in [0.3, 0.4) is 0 Å². The summed E-state index contributed by atoms with van der Waals surface area (Å²) in [6.07, 6.45) is 5.83. The third-order valence-electron chi connectivity index (χ3n) is 7.91. The van der Waals surface area contributed by atoms with Crippen molar-refractivity contribution in [2.45, 2.75) is 79.7 Å². The number of hydrogen-bond donors (Lipinski definition) is 3. The lowest BCUT2D eigenvalue weighted by Gasteiger charge is -2.35. The molecule has 3 heterocycles. The molecule has 0 aromatic heterocycles. The molecule has 3 amide bonds. The van der Waals surface area contributed by atoms with Gasteiger partial charge in [0.25, 0.3) is 0 Å². The van der Waals surface area contributed by atoms with Gasteiger partial charge in [0.2, 0.25) is 17.7 Å². The van der Waals surface area contributed by atoms with Crippen LogP contribution in [-0.4, -0.2) is 74.9 Å². The van der Waals surface area contributed by atoms with E-state index in [0.717, 1.165) is 31.4 Å². The van der Waals surface area contributed by atoms with Gasteiger partial charge in [0.1, 0.15) is 11.8 Å². The summed E-state index contributed by atoms with van der Waals surface area (Å²) in [6, 6.07) is 6.64. The SMILES string of the molecule is CCCCCNC(=O)C1N(CCCCCO)C(=O)[C@@H]2[C@H](C(=O)Nc3ccc(OCC)cc3)[C@H]3SC12CC3Br. The molecule has 3 N–H and O–H groups in total. The Labute approximate surface area is 238 Å². The number of amides is 3. The van der Waals surface area contributed by atoms with E-state index in [1.165, 1.54) is 0 Å². The fourth-order valence-corrected chi connectivity index (χ4v) is 9.86. The van der Waals surface area contributed by atoms with Crippen LogP contribution in [0.1, 0.15) is 58.8 Å². The van der Waals surface area contributed by atoms with E-state index in [-0.39, 0.29) is 34.4 Å². The molecule has 0 radical (unpaired) electrons. The molecule has 6 atom stereocenters. The molecule has 8 nitrogen and oxygen atoms in total. The number of unbranched alkanes of at least 4 members (excludes halogenated alkanes) is 4. The second-order valence-corrected chi connectivity index (χ2v) is 13.1. The molecule has 0 saturated carbocycles. The van der Waals surface area contributed by atoms with Gasteiger partial charge in [-0.05, 0) is 63.3 Å². The maximum absolute atomic E-state index is 14.0. The third kappa shape index (κ3) is 5.72. The van der Waals surface area contributed by atoms with Gasteiger partial charge >= 0.3 is 0 Å². The second kappa shape index (κ2) is 13.0. The van der Waals surface area contributed by atoms with E-state index in [2.05, 4.69) is 33.5 Å². The number of carbonyl (C=O) groups excluding carboxylic acids is 3. The van der Waals surface area contributed by atoms with Gasteiger partial charge in [-0.2, -0.15) is 0 Å². The first-order valence-electron chi connectivity index (χ1n) is 13.9. The van der Waals surface area contributed by atoms with Crippen LogP contribution in [0.2, 0.25) is 0 Å². The Hall–Kier alpha value is -1.78. The Morgan fingerprint density at radius 3 is 2.58 bits per heavy atom. The van der Waals surface area contributed by atoms with E-state index in [1.54, 1.807) is 28.8 Å². The van der Waals surface area contributed by atoms with Crippen molar-refractivity contribution in [3.63, 3.8) is 0 Å². The van der Waals surface area contributed by atoms with E-state index >= 15 is 0 Å². The summed E-state index contributed by atoms with van der Waals surface area (Å²) < 4.78 is 4.86. The number of benzene rings is 1. The number of aliphatic hydroxyl groups is 1. The van der Waals surface area contributed by atoms with Crippen LogP contribution in [0.25, 0.3) is 0 Å². The molecule has 38 heavy (non-hydrogen) atoms. The van der Waals surface area contributed by atoms with Crippen LogP contribution in [-0.2, 0) is 14.4 Å². The van der Waals surface area contributed by atoms with Gasteiger partial charge in [-0.15, -0.1) is 11.8 Å². The molecule has 3 aliphatic heterocycles. The zero-order valence-electron chi connectivity index (χ0n) is 22.3. The lowest BCUT2D eigenvalue weighted by atomic mass is 9.70. The maximum atomic E-state index is 14.0. The van der Waals surface area contributed by atoms with E-state index in [0.29, 0.717) is 44.6 Å². The molecule has 4 rings (SSSR count). The Balaban J connectivity index is 1.57. The molecule has 2 bridgehead atoms. The predicted molar refractivity (Wildman–Crippen MR) is 154 cm³/mol. The van der Waals surface area contributed by atoms with Crippen molar-refractivity contribution < 1.29 is 24.2 Å². The van der Waals surface area contributed by atoms with Crippen molar-refractivity contribution in [1.29, 1.82) is 0 Å². The number of hydrogen-bond acceptors (Lipinski definition) is 6. The summed E-state index contributed by atoms with van der Waals surface area (Å²) in [5.41, 5.74) is 0.655. The molecule has 10 heteroatoms. The number of ether oxygens (including phenoxy) is 1. The largest absolute Gasteiger partial charge is 0.494 e. The van der Waals surface area contributed by atoms with Gasteiger partial charge in [0, 0.05) is 35.5 Å². The minimum atomic E-state index is -0.636. The van der Waals surface area contributed by atoms with Crippen LogP contribution in [0.15, 0.2) is 24.3 Å². The molecule has 3 fully saturated rings. The average molecular weight is 611 g/mol. The second-order valence-electron chi connectivity index (χ2n) is 10.4. The van der Waals surface area contributed by atoms with Gasteiger partial charge in [-0.25, -0.2) is 0 Å². The highest BCUT2D eigenvalue weighted by Gasteiger charge is 2.75. The molecular weight excluding hydrogens is 570 g/mol. The number of halogens is 1. The average Bonchev–Trinajstić information content (AvgIpc) is 3.49. The lowest BCUT2D eigenvalue weighted by molar-refractivity contribution is -0.139. The summed E-state index contributed by atoms with van der Waals surface area (Å²) in [4.78, 5) is 43.1. The highest BCUT2D eigenvalue weighted by Crippen LogP contribution is 2.67. The fourth-order valence-electron chi connectivity index (χ4n) is 6.25. The van der Waals surface area contributed by atoms with Crippen LogP contribution < -0.4 is 15.4 Å². The molecule has 1 spiro atoms. The highest BCUT2D eigenvalue weighted by molar-refractivity contribution is 9.09. The summed E-state index contributed by atoms with van der Waals surface area (Å²) in [6.45, 7) is 5.76. The number of nitrogens with one attached hydrogen (secondary N) is 2. The van der Waals surface area contributed by atoms with Crippen molar-refractivity contribution >= 4 is 51.1 Å². The van der Waals surface area contributed by atoms with Gasteiger partial charge in [-0.1, -0.05) is 35.7 Å². The quantitative estimate of drug-likeness (QED) is 0.218. The summed E-state index contributed by atoms with van der Waals surface area (Å²) in [5.74, 6) is -0.729. The number of thioether (sulfide) groups is 1. The number of fused-ring (bicyclic) bond motifs is 1. The van der Waals surface area contributed by atoms with E-state index in [1.807, 2.05) is 19.1 Å². The monoisotopic (exact) mass is 609 g/mol. The fraction of sp³-hybridized carbons (Fsp3) is 0.679. The topological polar surface area (TPSA) is 108 Å². The minimum Gasteiger partial charge on any atom is -0.494 e. The Bertz CT molecular complexity index is 995. The summed E-state index contributed by atoms with van der Waals surface area (Å²) in [7, 11) is 0. The van der Waals surface area contributed by atoms with Crippen molar-refractivity contribution in [1.82, 2.24) is 10.2 Å². The smallest absolute Gasteiger partial charge is 0.244 e. The first-order chi connectivity index (χ1) is 18.4. The molecular formula is C28H40BrN3O5S. The van der Waals surface area contributed by atoms with Crippen LogP contribution >= 0.6 is 27.7 Å². The number of likely N-dealkylation sites (tertiary alicyclic amines) is 1. The van der Waals surface area contributed by atoms with Gasteiger partial charge in [0.05, 0.1) is 23.2 Å². The third-order valence-corrected chi connectivity index (χ3v) is 11.1. The minimum absolute atomic E-state index is 0.0392. The number of carbonyl (C=O) groups is 3. The maximum Gasteiger partial charge on any atom is 0.244 e. The number of alkyl halides is 1. The lowest BCUT2D eigenvalue weighted by Crippen LogP contribution is -2.54. The first-order valence-corrected chi connectivity index (χ1v) is 15.7. The Morgan fingerprint density at radius 2 is 1.89 bits per heavy atom. The van der Waals surface area contributed by atoms with Crippen molar-refractivity contribution in [2.75, 3.05) is 31.6 Å². The van der Waals surface area contributed by atoms with Crippen molar-refractivity contribution in [3.8, 4) is 5.75 Å². The summed E-state index contributed by atoms with van der Waals surface area (Å²) >= 11 is 5.46. The standard InChI is InChI=1S/C28H40BrN3O5S/c1-3-5-7-14-30-26(35)24-28-17-20(29)23(38-28)21(22(28)27(36)32(24)15-8-6-9-16-33)25(34)31-18-10-12-19(13-11-18)37-4-2/h10-13,20-24,33H,3-9,14-17H2,1-2H3,(H,30,35)(H,31,34)/t20?,21-,22-,23-,24?,28?/m0/s1. The van der Waals surface area contributed by atoms with E-state index in [9.17, 15) is 19.5 Å². The van der Waals surface area contributed by atoms with Gasteiger partial charge in [-0.3, -0.25) is 14.4 Å². The number of nitrogens with zero attached hydrogens (tertiary/aromatic N) is 1. The normalized spacial score (nSPS) is 29.4. The number of rotatable bonds is 14. The Kier molecular flexibility index (Phi) is 10.0. The van der Waals surface area contributed by atoms with Crippen LogP contribution in [0.4, 0.5) is 5.69 Å². The first kappa shape index (κ1) is 29.2. The van der Waals surface area contributed by atoms with Gasteiger partial charge < -0.3 is 25.4 Å². The molecule has 3 aliphatic rings. The van der Waals surface area contributed by atoms with Gasteiger partial charge in [0.15, 0.2) is 0 Å². The molecule has 3 unspecified atom stereocenters. The van der Waals surface area contributed by atoms with Crippen LogP contribution in [0.5, 0.6) is 5.75 Å². The molecule has 1 aromatic rings. The zero-order chi connectivity index (χ0) is 27.3. The molecule has 0 aliphatic carbocycles. The number of aliphatic hydroxyl groups excluding tert-OH is 1. The van der Waals surface area contributed by atoms with Crippen molar-refractivity contribution in [2.24, 2.45) is 11.8 Å². The van der Waals surface area contributed by atoms with E-state index in [4.69, 9.17) is 4.74 Å². The summed E-state index contributed by atoms with van der Waals surface area (Å²) in [5, 5.41) is 15.2. The molecule has 3 saturated heterocycles.